The van der Waals surface area contributed by atoms with Gasteiger partial charge in [-0.25, -0.2) is 4.79 Å². The lowest BCUT2D eigenvalue weighted by atomic mass is 10.2. The van der Waals surface area contributed by atoms with E-state index in [0.717, 1.165) is 17.7 Å². The van der Waals surface area contributed by atoms with E-state index in [1.165, 1.54) is 11.3 Å². The minimum absolute atomic E-state index is 0.424. The van der Waals surface area contributed by atoms with Crippen LogP contribution >= 0.6 is 11.3 Å². The first-order chi connectivity index (χ1) is 8.56. The van der Waals surface area contributed by atoms with Gasteiger partial charge in [0.1, 0.15) is 4.88 Å². The van der Waals surface area contributed by atoms with Crippen molar-refractivity contribution in [2.24, 2.45) is 7.05 Å². The Bertz CT molecular complexity index is 547. The smallest absolute Gasteiger partial charge is 0.346 e. The molecule has 5 nitrogen and oxygen atoms in total. The Morgan fingerprint density at radius 1 is 1.56 bits per heavy atom. The monoisotopic (exact) mass is 265 g/mol. The second kappa shape index (κ2) is 5.32. The minimum Gasteiger partial charge on any atom is -0.477 e. The Morgan fingerprint density at radius 3 is 2.94 bits per heavy atom. The Morgan fingerprint density at radius 2 is 2.33 bits per heavy atom. The zero-order valence-electron chi connectivity index (χ0n) is 10.3. The first-order valence-electron chi connectivity index (χ1n) is 5.52. The number of aryl methyl sites for hydroxylation is 1. The molecule has 2 aromatic rings. The van der Waals surface area contributed by atoms with Gasteiger partial charge in [0.25, 0.3) is 0 Å². The van der Waals surface area contributed by atoms with Gasteiger partial charge in [0.15, 0.2) is 0 Å². The fourth-order valence-corrected chi connectivity index (χ4v) is 2.61. The maximum atomic E-state index is 11.0. The molecule has 0 saturated carbocycles. The van der Waals surface area contributed by atoms with Crippen LogP contribution in [0.4, 0.5) is 0 Å². The third kappa shape index (κ3) is 2.96. The van der Waals surface area contributed by atoms with Crippen LogP contribution < -0.4 is 0 Å². The van der Waals surface area contributed by atoms with Gasteiger partial charge in [-0.2, -0.15) is 5.10 Å². The molecule has 1 N–H and O–H groups in total. The summed E-state index contributed by atoms with van der Waals surface area (Å²) in [5, 5.41) is 15.0. The Kier molecular flexibility index (Phi) is 3.78. The Labute approximate surface area is 109 Å². The van der Waals surface area contributed by atoms with Crippen LogP contribution in [0.3, 0.4) is 0 Å². The summed E-state index contributed by atoms with van der Waals surface area (Å²) in [5.41, 5.74) is 1.98. The molecule has 18 heavy (non-hydrogen) atoms. The van der Waals surface area contributed by atoms with Gasteiger partial charge in [-0.3, -0.25) is 9.58 Å². The van der Waals surface area contributed by atoms with Gasteiger partial charge in [0.05, 0.1) is 6.20 Å². The molecular weight excluding hydrogens is 250 g/mol. The number of carbonyl (C=O) groups is 1. The van der Waals surface area contributed by atoms with E-state index in [4.69, 9.17) is 5.11 Å². The van der Waals surface area contributed by atoms with Crippen molar-refractivity contribution >= 4 is 17.3 Å². The molecular formula is C12H15N3O2S. The molecule has 6 heteroatoms. The fraction of sp³-hybridized carbons (Fsp3) is 0.333. The van der Waals surface area contributed by atoms with E-state index < -0.39 is 5.97 Å². The zero-order chi connectivity index (χ0) is 13.1. The number of aromatic nitrogens is 2. The van der Waals surface area contributed by atoms with Gasteiger partial charge in [-0.05, 0) is 24.1 Å². The first kappa shape index (κ1) is 12.8. The van der Waals surface area contributed by atoms with E-state index in [2.05, 4.69) is 10.00 Å². The molecule has 0 aliphatic rings. The second-order valence-electron chi connectivity index (χ2n) is 4.27. The fourth-order valence-electron chi connectivity index (χ4n) is 1.86. The maximum Gasteiger partial charge on any atom is 0.346 e. The van der Waals surface area contributed by atoms with Gasteiger partial charge in [-0.1, -0.05) is 0 Å². The van der Waals surface area contributed by atoms with Crippen LogP contribution in [-0.4, -0.2) is 32.8 Å². The highest BCUT2D eigenvalue weighted by Gasteiger charge is 2.13. The normalized spacial score (nSPS) is 11.1. The summed E-state index contributed by atoms with van der Waals surface area (Å²) in [7, 11) is 3.85. The number of carboxylic acids is 1. The lowest BCUT2D eigenvalue weighted by Crippen LogP contribution is -2.17. The predicted octanol–water partition coefficient (Wildman–Crippen LogP) is 1.81. The Hall–Kier alpha value is -1.66. The average molecular weight is 265 g/mol. The van der Waals surface area contributed by atoms with Crippen LogP contribution in [0.5, 0.6) is 0 Å². The number of hydrogen-bond donors (Lipinski definition) is 1. The topological polar surface area (TPSA) is 58.4 Å². The third-order valence-corrected chi connectivity index (χ3v) is 3.54. The number of aromatic carboxylic acids is 1. The molecule has 0 aromatic carbocycles. The highest BCUT2D eigenvalue weighted by molar-refractivity contribution is 7.12. The molecule has 2 rings (SSSR count). The number of nitrogens with zero attached hydrogens (tertiary/aromatic N) is 3. The number of rotatable bonds is 5. The molecule has 2 heterocycles. The predicted molar refractivity (Wildman–Crippen MR) is 69.7 cm³/mol. The van der Waals surface area contributed by atoms with E-state index in [-0.39, 0.29) is 0 Å². The summed E-state index contributed by atoms with van der Waals surface area (Å²) in [6.07, 6.45) is 3.78. The van der Waals surface area contributed by atoms with E-state index in [1.807, 2.05) is 37.9 Å². The molecule has 0 aliphatic carbocycles. The first-order valence-corrected chi connectivity index (χ1v) is 6.40. The Balaban J connectivity index is 2.00. The zero-order valence-corrected chi connectivity index (χ0v) is 11.1. The van der Waals surface area contributed by atoms with E-state index in [9.17, 15) is 4.79 Å². The van der Waals surface area contributed by atoms with Crippen molar-refractivity contribution in [1.82, 2.24) is 14.7 Å². The second-order valence-corrected chi connectivity index (χ2v) is 5.19. The van der Waals surface area contributed by atoms with Crippen molar-refractivity contribution in [2.75, 3.05) is 7.05 Å². The molecule has 0 amide bonds. The molecule has 2 aromatic heterocycles. The lowest BCUT2D eigenvalue weighted by molar-refractivity contribution is 0.0700. The lowest BCUT2D eigenvalue weighted by Gasteiger charge is -2.15. The molecule has 0 atom stereocenters. The average Bonchev–Trinajstić information content (AvgIpc) is 2.87. The van der Waals surface area contributed by atoms with Gasteiger partial charge < -0.3 is 5.11 Å². The van der Waals surface area contributed by atoms with Crippen molar-refractivity contribution in [3.63, 3.8) is 0 Å². The molecule has 0 saturated heterocycles. The molecule has 0 spiro atoms. The van der Waals surface area contributed by atoms with Crippen LogP contribution in [0.25, 0.3) is 0 Å². The minimum atomic E-state index is -0.852. The van der Waals surface area contributed by atoms with Gasteiger partial charge in [-0.15, -0.1) is 11.3 Å². The quantitative estimate of drug-likeness (QED) is 0.895. The molecule has 0 aliphatic heterocycles. The van der Waals surface area contributed by atoms with E-state index >= 15 is 0 Å². The maximum absolute atomic E-state index is 11.0. The van der Waals surface area contributed by atoms with Crippen LogP contribution in [0, 0.1) is 0 Å². The molecule has 0 bridgehead atoms. The van der Waals surface area contributed by atoms with Crippen LogP contribution in [0.1, 0.15) is 20.8 Å². The van der Waals surface area contributed by atoms with Crippen molar-refractivity contribution in [3.05, 3.63) is 39.8 Å². The molecule has 0 fully saturated rings. The van der Waals surface area contributed by atoms with Crippen molar-refractivity contribution in [1.29, 1.82) is 0 Å². The number of hydrogen-bond acceptors (Lipinski definition) is 4. The van der Waals surface area contributed by atoms with Crippen molar-refractivity contribution in [3.8, 4) is 0 Å². The van der Waals surface area contributed by atoms with Crippen molar-refractivity contribution in [2.45, 2.75) is 13.1 Å². The molecule has 0 radical (unpaired) electrons. The standard InChI is InChI=1S/C12H15N3O2S/c1-14(6-9-5-13-15(2)7-9)8-10-3-4-18-11(10)12(16)17/h3-5,7H,6,8H2,1-2H3,(H,16,17). The van der Waals surface area contributed by atoms with Gasteiger partial charge >= 0.3 is 5.97 Å². The SMILES string of the molecule is CN(Cc1cnn(C)c1)Cc1ccsc1C(=O)O. The van der Waals surface area contributed by atoms with Crippen molar-refractivity contribution < 1.29 is 9.90 Å². The summed E-state index contributed by atoms with van der Waals surface area (Å²) in [5.74, 6) is -0.852. The van der Waals surface area contributed by atoms with Gasteiger partial charge in [0, 0.05) is 31.9 Å². The summed E-state index contributed by atoms with van der Waals surface area (Å²) in [6, 6.07) is 1.87. The number of carboxylic acid groups (broad SMARTS) is 1. The van der Waals surface area contributed by atoms with Crippen LogP contribution in [0.2, 0.25) is 0 Å². The highest BCUT2D eigenvalue weighted by atomic mass is 32.1. The van der Waals surface area contributed by atoms with Gasteiger partial charge in [0.2, 0.25) is 0 Å². The largest absolute Gasteiger partial charge is 0.477 e. The van der Waals surface area contributed by atoms with E-state index in [1.54, 1.807) is 4.68 Å². The third-order valence-electron chi connectivity index (χ3n) is 2.59. The number of thiophene rings is 1. The highest BCUT2D eigenvalue weighted by Crippen LogP contribution is 2.18. The summed E-state index contributed by atoms with van der Waals surface area (Å²) < 4.78 is 1.76. The molecule has 96 valence electrons. The molecule has 0 unspecified atom stereocenters. The summed E-state index contributed by atoms with van der Waals surface area (Å²) in [4.78, 5) is 13.5. The van der Waals surface area contributed by atoms with Crippen LogP contribution in [-0.2, 0) is 20.1 Å². The van der Waals surface area contributed by atoms with Crippen LogP contribution in [0.15, 0.2) is 23.8 Å². The van der Waals surface area contributed by atoms with E-state index in [0.29, 0.717) is 11.4 Å². The summed E-state index contributed by atoms with van der Waals surface area (Å²) in [6.45, 7) is 1.38. The summed E-state index contributed by atoms with van der Waals surface area (Å²) >= 11 is 1.27.